The summed E-state index contributed by atoms with van der Waals surface area (Å²) in [6.45, 7) is 1.83. The second kappa shape index (κ2) is 6.05. The van der Waals surface area contributed by atoms with Gasteiger partial charge >= 0.3 is 0 Å². The average molecular weight is 217 g/mol. The van der Waals surface area contributed by atoms with Gasteiger partial charge in [0.15, 0.2) is 0 Å². The van der Waals surface area contributed by atoms with Gasteiger partial charge in [-0.15, -0.1) is 0 Å². The number of nitrogens with one attached hydrogen (secondary N) is 1. The number of aliphatic hydroxyl groups is 1. The quantitative estimate of drug-likeness (QED) is 0.662. The molecule has 0 spiro atoms. The lowest BCUT2D eigenvalue weighted by atomic mass is 9.94. The number of hydrogen-bond acceptors (Lipinski definition) is 4. The summed E-state index contributed by atoms with van der Waals surface area (Å²) >= 11 is 0. The molecular weight excluding hydrogens is 198 g/mol. The van der Waals surface area contributed by atoms with Gasteiger partial charge in [0.2, 0.25) is 5.91 Å². The van der Waals surface area contributed by atoms with Crippen LogP contribution < -0.4 is 5.32 Å². The highest BCUT2D eigenvalue weighted by Gasteiger charge is 2.29. The molecule has 1 fully saturated rings. The number of methoxy groups -OCH3 is 1. The highest BCUT2D eigenvalue weighted by Crippen LogP contribution is 2.19. The number of hydrogen-bond donors (Lipinski definition) is 2. The minimum atomic E-state index is -0.791. The Hall–Kier alpha value is -0.650. The van der Waals surface area contributed by atoms with Crippen LogP contribution in [0, 0.1) is 0 Å². The van der Waals surface area contributed by atoms with E-state index in [0.29, 0.717) is 45.6 Å². The zero-order chi connectivity index (χ0) is 11.1. The average Bonchev–Trinajstić information content (AvgIpc) is 2.25. The molecule has 5 heteroatoms. The van der Waals surface area contributed by atoms with Gasteiger partial charge in [0.25, 0.3) is 0 Å². The molecule has 0 radical (unpaired) electrons. The van der Waals surface area contributed by atoms with Crippen LogP contribution in [0.1, 0.15) is 19.3 Å². The van der Waals surface area contributed by atoms with Crippen LogP contribution in [-0.4, -0.2) is 50.1 Å². The van der Waals surface area contributed by atoms with Crippen molar-refractivity contribution in [1.82, 2.24) is 5.32 Å². The van der Waals surface area contributed by atoms with Crippen molar-refractivity contribution in [2.75, 3.05) is 33.5 Å². The first-order valence-corrected chi connectivity index (χ1v) is 5.22. The molecule has 1 saturated heterocycles. The lowest BCUT2D eigenvalue weighted by Crippen LogP contribution is -2.46. The second-order valence-electron chi connectivity index (χ2n) is 3.86. The Bertz CT molecular complexity index is 202. The zero-order valence-corrected chi connectivity index (χ0v) is 9.12. The monoisotopic (exact) mass is 217 g/mol. The van der Waals surface area contributed by atoms with Crippen LogP contribution in [0.15, 0.2) is 0 Å². The summed E-state index contributed by atoms with van der Waals surface area (Å²) in [7, 11) is 1.55. The lowest BCUT2D eigenvalue weighted by molar-refractivity contribution is -0.124. The fraction of sp³-hybridized carbons (Fsp3) is 0.900. The minimum absolute atomic E-state index is 0.0863. The first kappa shape index (κ1) is 12.4. The molecule has 0 aromatic carbocycles. The first-order chi connectivity index (χ1) is 7.16. The topological polar surface area (TPSA) is 67.8 Å². The maximum Gasteiger partial charge on any atom is 0.222 e. The summed E-state index contributed by atoms with van der Waals surface area (Å²) in [4.78, 5) is 11.3. The van der Waals surface area contributed by atoms with Crippen LogP contribution in [-0.2, 0) is 14.3 Å². The Morgan fingerprint density at radius 1 is 1.53 bits per heavy atom. The molecule has 0 aromatic rings. The highest BCUT2D eigenvalue weighted by atomic mass is 16.5. The van der Waals surface area contributed by atoms with Crippen LogP contribution >= 0.6 is 0 Å². The summed E-state index contributed by atoms with van der Waals surface area (Å²) < 4.78 is 9.93. The number of ether oxygens (including phenoxy) is 2. The molecule has 88 valence electrons. The van der Waals surface area contributed by atoms with Gasteiger partial charge in [-0.1, -0.05) is 0 Å². The molecule has 15 heavy (non-hydrogen) atoms. The van der Waals surface area contributed by atoms with Gasteiger partial charge in [-0.05, 0) is 0 Å². The summed E-state index contributed by atoms with van der Waals surface area (Å²) in [6.07, 6.45) is 1.50. The van der Waals surface area contributed by atoms with E-state index in [1.54, 1.807) is 7.11 Å². The Morgan fingerprint density at radius 3 is 2.80 bits per heavy atom. The van der Waals surface area contributed by atoms with E-state index in [9.17, 15) is 9.90 Å². The molecule has 0 atom stereocenters. The van der Waals surface area contributed by atoms with Gasteiger partial charge in [0.1, 0.15) is 0 Å². The maximum atomic E-state index is 11.3. The van der Waals surface area contributed by atoms with Crippen LogP contribution in [0.25, 0.3) is 0 Å². The van der Waals surface area contributed by atoms with E-state index in [0.717, 1.165) is 0 Å². The molecule has 1 rings (SSSR count). The lowest BCUT2D eigenvalue weighted by Gasteiger charge is -2.32. The fourth-order valence-corrected chi connectivity index (χ4v) is 1.47. The largest absolute Gasteiger partial charge is 0.388 e. The fourth-order valence-electron chi connectivity index (χ4n) is 1.47. The van der Waals surface area contributed by atoms with E-state index in [2.05, 4.69) is 5.32 Å². The minimum Gasteiger partial charge on any atom is -0.388 e. The standard InChI is InChI=1S/C10H19NO4/c1-14-5-2-9(12)11-8-10(13)3-6-15-7-4-10/h13H,2-8H2,1H3,(H,11,12). The molecule has 0 bridgehead atoms. The van der Waals surface area contributed by atoms with Crippen molar-refractivity contribution >= 4 is 5.91 Å². The third-order valence-electron chi connectivity index (χ3n) is 2.57. The summed E-state index contributed by atoms with van der Waals surface area (Å²) in [6, 6.07) is 0. The van der Waals surface area contributed by atoms with Crippen LogP contribution in [0.4, 0.5) is 0 Å². The molecule has 1 aliphatic rings. The Balaban J connectivity index is 2.19. The molecule has 0 saturated carbocycles. The molecule has 0 aliphatic carbocycles. The van der Waals surface area contributed by atoms with E-state index < -0.39 is 5.60 Å². The van der Waals surface area contributed by atoms with Gasteiger partial charge in [-0.2, -0.15) is 0 Å². The van der Waals surface area contributed by atoms with Crippen molar-refractivity contribution in [1.29, 1.82) is 0 Å². The van der Waals surface area contributed by atoms with Gasteiger partial charge in [-0.3, -0.25) is 4.79 Å². The van der Waals surface area contributed by atoms with Crippen molar-refractivity contribution in [3.8, 4) is 0 Å². The van der Waals surface area contributed by atoms with Crippen LogP contribution in [0.2, 0.25) is 0 Å². The van der Waals surface area contributed by atoms with Gasteiger partial charge in [0, 0.05) is 46.1 Å². The molecule has 0 unspecified atom stereocenters. The first-order valence-electron chi connectivity index (χ1n) is 5.22. The number of rotatable bonds is 5. The van der Waals surface area contributed by atoms with E-state index in [1.807, 2.05) is 0 Å². The Morgan fingerprint density at radius 2 is 2.20 bits per heavy atom. The van der Waals surface area contributed by atoms with Crippen LogP contribution in [0.5, 0.6) is 0 Å². The second-order valence-corrected chi connectivity index (χ2v) is 3.86. The summed E-state index contributed by atoms with van der Waals surface area (Å²) in [5, 5.41) is 12.7. The molecule has 1 amide bonds. The third kappa shape index (κ3) is 4.59. The van der Waals surface area contributed by atoms with Crippen molar-refractivity contribution in [3.63, 3.8) is 0 Å². The molecule has 1 heterocycles. The molecular formula is C10H19NO4. The molecule has 0 aromatic heterocycles. The van der Waals surface area contributed by atoms with Crippen LogP contribution in [0.3, 0.4) is 0 Å². The Labute approximate surface area is 89.8 Å². The highest BCUT2D eigenvalue weighted by molar-refractivity contribution is 5.76. The van der Waals surface area contributed by atoms with Crippen molar-refractivity contribution in [2.45, 2.75) is 24.9 Å². The predicted molar refractivity (Wildman–Crippen MR) is 54.5 cm³/mol. The predicted octanol–water partition coefficient (Wildman–Crippen LogP) is -0.319. The van der Waals surface area contributed by atoms with Crippen molar-refractivity contribution in [3.05, 3.63) is 0 Å². The smallest absolute Gasteiger partial charge is 0.222 e. The summed E-state index contributed by atoms with van der Waals surface area (Å²) in [5.41, 5.74) is -0.791. The maximum absolute atomic E-state index is 11.3. The third-order valence-corrected chi connectivity index (χ3v) is 2.57. The molecule has 1 aliphatic heterocycles. The SMILES string of the molecule is COCCC(=O)NCC1(O)CCOCC1. The number of carbonyl (C=O) groups is 1. The van der Waals surface area contributed by atoms with Gasteiger partial charge in [0.05, 0.1) is 12.2 Å². The molecule has 2 N–H and O–H groups in total. The number of carbonyl (C=O) groups excluding carboxylic acids is 1. The van der Waals surface area contributed by atoms with Crippen molar-refractivity contribution < 1.29 is 19.4 Å². The van der Waals surface area contributed by atoms with Gasteiger partial charge < -0.3 is 19.9 Å². The molecule has 5 nitrogen and oxygen atoms in total. The Kier molecular flexibility index (Phi) is 5.01. The van der Waals surface area contributed by atoms with E-state index >= 15 is 0 Å². The van der Waals surface area contributed by atoms with E-state index in [-0.39, 0.29) is 5.91 Å². The number of amides is 1. The normalized spacial score (nSPS) is 19.9. The zero-order valence-electron chi connectivity index (χ0n) is 9.12. The van der Waals surface area contributed by atoms with Gasteiger partial charge in [-0.25, -0.2) is 0 Å². The van der Waals surface area contributed by atoms with Crippen molar-refractivity contribution in [2.24, 2.45) is 0 Å². The summed E-state index contributed by atoms with van der Waals surface area (Å²) in [5.74, 6) is -0.0863. The van der Waals surface area contributed by atoms with E-state index in [4.69, 9.17) is 9.47 Å². The van der Waals surface area contributed by atoms with E-state index in [1.165, 1.54) is 0 Å².